The van der Waals surface area contributed by atoms with Crippen LogP contribution < -0.4 is 10.1 Å². The lowest BCUT2D eigenvalue weighted by atomic mass is 9.88. The molecule has 0 bridgehead atoms. The summed E-state index contributed by atoms with van der Waals surface area (Å²) in [7, 11) is 0. The monoisotopic (exact) mass is 383 g/mol. The molecule has 1 N–H and O–H groups in total. The van der Waals surface area contributed by atoms with Gasteiger partial charge in [-0.2, -0.15) is 0 Å². The van der Waals surface area contributed by atoms with Crippen molar-refractivity contribution in [1.29, 1.82) is 0 Å². The molecule has 1 aliphatic rings. The molecule has 0 saturated heterocycles. The number of terminal acetylenes is 1. The van der Waals surface area contributed by atoms with Crippen LogP contribution in [-0.2, 0) is 6.42 Å². The molecule has 0 spiro atoms. The minimum absolute atomic E-state index is 0.251. The van der Waals surface area contributed by atoms with Crippen molar-refractivity contribution in [2.45, 2.75) is 39.2 Å². The smallest absolute Gasteiger partial charge is 0.148 e. The Bertz CT molecular complexity index is 1070. The maximum absolute atomic E-state index is 5.67. The molecule has 1 aromatic heterocycles. The summed E-state index contributed by atoms with van der Waals surface area (Å²) >= 11 is 0. The van der Waals surface area contributed by atoms with Gasteiger partial charge in [-0.15, -0.1) is 6.42 Å². The van der Waals surface area contributed by atoms with E-state index in [1.165, 1.54) is 17.5 Å². The lowest BCUT2D eigenvalue weighted by molar-refractivity contribution is 0.368. The van der Waals surface area contributed by atoms with E-state index >= 15 is 0 Å². The van der Waals surface area contributed by atoms with Crippen LogP contribution in [0.5, 0.6) is 5.75 Å². The van der Waals surface area contributed by atoms with E-state index in [4.69, 9.17) is 11.2 Å². The van der Waals surface area contributed by atoms with Gasteiger partial charge in [-0.1, -0.05) is 42.3 Å². The van der Waals surface area contributed by atoms with Crippen molar-refractivity contribution in [1.82, 2.24) is 9.97 Å². The number of benzene rings is 2. The standard InChI is InChI=1S/C25H25N3O/c1-4-14-29-24-15-20(13-12-17(24)2)23-16-25(27-18(3)26-23)28-22-11-7-9-19-8-5-6-10-21(19)22/h1,5-6,8,10,12-13,15-16,22H,7,9,11,14H2,2-3H3,(H,26,27,28). The second-order valence-electron chi connectivity index (χ2n) is 7.45. The topological polar surface area (TPSA) is 47.0 Å². The second-order valence-corrected chi connectivity index (χ2v) is 7.45. The zero-order chi connectivity index (χ0) is 20.2. The SMILES string of the molecule is C#CCOc1cc(-c2cc(NC3CCCc4ccccc43)nc(C)n2)ccc1C. The maximum atomic E-state index is 5.67. The number of nitrogens with one attached hydrogen (secondary N) is 1. The van der Waals surface area contributed by atoms with Crippen LogP contribution in [0.1, 0.15) is 41.4 Å². The molecule has 0 radical (unpaired) electrons. The number of fused-ring (bicyclic) bond motifs is 1. The number of aromatic nitrogens is 2. The van der Waals surface area contributed by atoms with Gasteiger partial charge in [0.1, 0.15) is 24.0 Å². The molecule has 146 valence electrons. The Morgan fingerprint density at radius 3 is 2.86 bits per heavy atom. The molecular weight excluding hydrogens is 358 g/mol. The highest BCUT2D eigenvalue weighted by Crippen LogP contribution is 2.33. The molecule has 3 aromatic rings. The van der Waals surface area contributed by atoms with Crippen molar-refractivity contribution in [2.24, 2.45) is 0 Å². The fourth-order valence-corrected chi connectivity index (χ4v) is 3.91. The Hall–Kier alpha value is -3.32. The Morgan fingerprint density at radius 1 is 1.14 bits per heavy atom. The number of hydrogen-bond acceptors (Lipinski definition) is 4. The fraction of sp³-hybridized carbons (Fsp3) is 0.280. The highest BCUT2D eigenvalue weighted by atomic mass is 16.5. The van der Waals surface area contributed by atoms with Gasteiger partial charge in [0.25, 0.3) is 0 Å². The molecule has 1 heterocycles. The summed E-state index contributed by atoms with van der Waals surface area (Å²) in [5.41, 5.74) is 5.70. The predicted molar refractivity (Wildman–Crippen MR) is 117 cm³/mol. The first-order chi connectivity index (χ1) is 14.1. The molecule has 1 unspecified atom stereocenters. The van der Waals surface area contributed by atoms with Crippen LogP contribution in [0.3, 0.4) is 0 Å². The molecule has 4 rings (SSSR count). The summed E-state index contributed by atoms with van der Waals surface area (Å²) in [4.78, 5) is 9.28. The lowest BCUT2D eigenvalue weighted by Crippen LogP contribution is -2.18. The largest absolute Gasteiger partial charge is 0.481 e. The van der Waals surface area contributed by atoms with Gasteiger partial charge in [-0.25, -0.2) is 9.97 Å². The van der Waals surface area contributed by atoms with Crippen LogP contribution >= 0.6 is 0 Å². The Labute approximate surface area is 172 Å². The summed E-state index contributed by atoms with van der Waals surface area (Å²) in [5.74, 6) is 4.89. The van der Waals surface area contributed by atoms with Crippen molar-refractivity contribution >= 4 is 5.82 Å². The van der Waals surface area contributed by atoms with E-state index in [0.29, 0.717) is 0 Å². The lowest BCUT2D eigenvalue weighted by Gasteiger charge is -2.27. The van der Waals surface area contributed by atoms with Crippen molar-refractivity contribution in [2.75, 3.05) is 11.9 Å². The molecule has 29 heavy (non-hydrogen) atoms. The Kier molecular flexibility index (Phi) is 5.48. The third kappa shape index (κ3) is 4.25. The number of anilines is 1. The molecule has 4 nitrogen and oxygen atoms in total. The fourth-order valence-electron chi connectivity index (χ4n) is 3.91. The first kappa shape index (κ1) is 19.0. The van der Waals surface area contributed by atoms with Crippen molar-refractivity contribution < 1.29 is 4.74 Å². The van der Waals surface area contributed by atoms with Gasteiger partial charge in [0.05, 0.1) is 11.7 Å². The van der Waals surface area contributed by atoms with Gasteiger partial charge < -0.3 is 10.1 Å². The van der Waals surface area contributed by atoms with E-state index in [0.717, 1.165) is 47.1 Å². The zero-order valence-corrected chi connectivity index (χ0v) is 16.9. The van der Waals surface area contributed by atoms with E-state index in [9.17, 15) is 0 Å². The normalized spacial score (nSPS) is 15.3. The Balaban J connectivity index is 1.63. The minimum Gasteiger partial charge on any atom is -0.481 e. The summed E-state index contributed by atoms with van der Waals surface area (Å²) in [6.07, 6.45) is 8.76. The minimum atomic E-state index is 0.251. The highest BCUT2D eigenvalue weighted by Gasteiger charge is 2.20. The number of nitrogens with zero attached hydrogens (tertiary/aromatic N) is 2. The van der Waals surface area contributed by atoms with Crippen molar-refractivity contribution in [3.05, 3.63) is 71.0 Å². The molecule has 0 aliphatic heterocycles. The van der Waals surface area contributed by atoms with Crippen molar-refractivity contribution in [3.63, 3.8) is 0 Å². The summed E-state index contributed by atoms with van der Waals surface area (Å²) in [6, 6.07) is 17.0. The quantitative estimate of drug-likeness (QED) is 0.610. The van der Waals surface area contributed by atoms with Gasteiger partial charge in [0.15, 0.2) is 0 Å². The molecule has 2 aromatic carbocycles. The van der Waals surface area contributed by atoms with Gasteiger partial charge in [-0.05, 0) is 55.9 Å². The number of hydrogen-bond donors (Lipinski definition) is 1. The number of rotatable bonds is 5. The van der Waals surface area contributed by atoms with Crippen LogP contribution in [0.2, 0.25) is 0 Å². The van der Waals surface area contributed by atoms with Crippen LogP contribution in [0.4, 0.5) is 5.82 Å². The van der Waals surface area contributed by atoms with E-state index in [1.807, 2.05) is 32.0 Å². The summed E-state index contributed by atoms with van der Waals surface area (Å²) < 4.78 is 5.67. The molecular formula is C25H25N3O. The van der Waals surface area contributed by atoms with Gasteiger partial charge in [0.2, 0.25) is 0 Å². The zero-order valence-electron chi connectivity index (χ0n) is 16.9. The van der Waals surface area contributed by atoms with Crippen LogP contribution in [-0.4, -0.2) is 16.6 Å². The maximum Gasteiger partial charge on any atom is 0.148 e. The van der Waals surface area contributed by atoms with Crippen LogP contribution in [0, 0.1) is 26.2 Å². The van der Waals surface area contributed by atoms with Crippen LogP contribution in [0.25, 0.3) is 11.3 Å². The summed E-state index contributed by atoms with van der Waals surface area (Å²) in [5, 5.41) is 3.64. The number of ether oxygens (including phenoxy) is 1. The third-order valence-electron chi connectivity index (χ3n) is 5.32. The predicted octanol–water partition coefficient (Wildman–Crippen LogP) is 5.26. The van der Waals surface area contributed by atoms with Gasteiger partial charge in [-0.3, -0.25) is 0 Å². The molecule has 0 saturated carbocycles. The van der Waals surface area contributed by atoms with Crippen LogP contribution in [0.15, 0.2) is 48.5 Å². The molecule has 4 heteroatoms. The first-order valence-corrected chi connectivity index (χ1v) is 10.0. The van der Waals surface area contributed by atoms with E-state index in [-0.39, 0.29) is 12.6 Å². The van der Waals surface area contributed by atoms with Gasteiger partial charge in [0, 0.05) is 11.6 Å². The first-order valence-electron chi connectivity index (χ1n) is 10.0. The van der Waals surface area contributed by atoms with Gasteiger partial charge >= 0.3 is 0 Å². The second kappa shape index (κ2) is 8.36. The summed E-state index contributed by atoms with van der Waals surface area (Å²) in [6.45, 7) is 4.18. The average Bonchev–Trinajstić information content (AvgIpc) is 2.73. The molecule has 0 fully saturated rings. The molecule has 0 amide bonds. The molecule has 1 aliphatic carbocycles. The van der Waals surface area contributed by atoms with E-state index in [2.05, 4.69) is 51.5 Å². The Morgan fingerprint density at radius 2 is 2.00 bits per heavy atom. The van der Waals surface area contributed by atoms with Crippen molar-refractivity contribution in [3.8, 4) is 29.4 Å². The average molecular weight is 383 g/mol. The van der Waals surface area contributed by atoms with E-state index < -0.39 is 0 Å². The molecule has 1 atom stereocenters. The van der Waals surface area contributed by atoms with E-state index in [1.54, 1.807) is 0 Å². The highest BCUT2D eigenvalue weighted by molar-refractivity contribution is 5.65. The third-order valence-corrected chi connectivity index (χ3v) is 5.32. The number of aryl methyl sites for hydroxylation is 3.